The number of allylic oxidation sites excluding steroid dienone is 6. The molecule has 0 bridgehead atoms. The van der Waals surface area contributed by atoms with Gasteiger partial charge in [-0.3, -0.25) is 9.59 Å². The molecule has 1 fully saturated rings. The molecule has 0 heterocycles. The molecule has 1 saturated carbocycles. The number of esters is 1. The largest absolute Gasteiger partial charge is 0.481 e. The first-order chi connectivity index (χ1) is 23.5. The lowest BCUT2D eigenvalue weighted by Crippen LogP contribution is -2.30. The molecule has 4 heteroatoms. The zero-order chi connectivity index (χ0) is 34.1. The maximum absolute atomic E-state index is 13.7. The highest BCUT2D eigenvalue weighted by atomic mass is 16.5. The number of carbonyl (C=O) groups is 2. The summed E-state index contributed by atoms with van der Waals surface area (Å²) in [6.07, 6.45) is 49.9. The van der Waals surface area contributed by atoms with Gasteiger partial charge in [-0.1, -0.05) is 132 Å². The van der Waals surface area contributed by atoms with Crippen molar-refractivity contribution in [1.82, 2.24) is 0 Å². The first-order valence-corrected chi connectivity index (χ1v) is 21.0. The lowest BCUT2D eigenvalue weighted by molar-refractivity contribution is -0.140. The second-order valence-corrected chi connectivity index (χ2v) is 15.7. The van der Waals surface area contributed by atoms with E-state index in [-0.39, 0.29) is 11.4 Å². The van der Waals surface area contributed by atoms with Gasteiger partial charge in [0.25, 0.3) is 5.97 Å². The maximum atomic E-state index is 13.7. The second-order valence-electron chi connectivity index (χ2n) is 15.7. The molecule has 0 atom stereocenters. The highest BCUT2D eigenvalue weighted by molar-refractivity contribution is 5.70. The van der Waals surface area contributed by atoms with Crippen LogP contribution in [0.1, 0.15) is 219 Å². The van der Waals surface area contributed by atoms with E-state index in [1.807, 2.05) is 0 Å². The molecule has 4 rings (SSSR count). The molecule has 4 aliphatic rings. The van der Waals surface area contributed by atoms with Gasteiger partial charge in [-0.25, -0.2) is 0 Å². The monoisotopic (exact) mass is 667 g/mol. The zero-order valence-electron chi connectivity index (χ0n) is 31.3. The Morgan fingerprint density at radius 2 is 1.02 bits per heavy atom. The predicted molar refractivity (Wildman–Crippen MR) is 202 cm³/mol. The standard InChI is InChI=1S/C42H70O2.C2H4O2/c43-41(44-40-31-23-14-8-3-9-15-24-32-40)34-36-42(35-33-37-25-17-16-18-26-37,38-27-19-10-4-1-5-11-20-28-38)39-29-21-12-6-2-7-13-22-30-39;1-2(3)4/h27,29,31,37H,1-26,28,30,32-36H2;1H3,(H,3,4). The van der Waals surface area contributed by atoms with E-state index >= 15 is 0 Å². The molecule has 0 unspecified atom stereocenters. The smallest absolute Gasteiger partial charge is 0.310 e. The van der Waals surface area contributed by atoms with Crippen molar-refractivity contribution in [3.63, 3.8) is 0 Å². The summed E-state index contributed by atoms with van der Waals surface area (Å²) in [5.74, 6) is 1.06. The van der Waals surface area contributed by atoms with Crippen LogP contribution in [-0.4, -0.2) is 17.0 Å². The highest BCUT2D eigenvalue weighted by Crippen LogP contribution is 2.51. The van der Waals surface area contributed by atoms with Crippen LogP contribution >= 0.6 is 0 Å². The fourth-order valence-corrected chi connectivity index (χ4v) is 8.98. The number of rotatable bonds is 9. The molecule has 48 heavy (non-hydrogen) atoms. The molecule has 0 radical (unpaired) electrons. The van der Waals surface area contributed by atoms with Crippen LogP contribution in [0.2, 0.25) is 0 Å². The van der Waals surface area contributed by atoms with E-state index in [1.54, 1.807) is 11.1 Å². The van der Waals surface area contributed by atoms with E-state index in [0.29, 0.717) is 6.42 Å². The fraction of sp³-hybridized carbons (Fsp3) is 0.818. The first kappa shape index (κ1) is 40.6. The summed E-state index contributed by atoms with van der Waals surface area (Å²) in [6, 6.07) is 0. The summed E-state index contributed by atoms with van der Waals surface area (Å²) < 4.78 is 6.23. The van der Waals surface area contributed by atoms with Crippen molar-refractivity contribution in [2.24, 2.45) is 11.3 Å². The Hall–Kier alpha value is -1.84. The summed E-state index contributed by atoms with van der Waals surface area (Å²) >= 11 is 0. The average Bonchev–Trinajstić information content (AvgIpc) is 3.09. The third-order valence-corrected chi connectivity index (χ3v) is 11.8. The van der Waals surface area contributed by atoms with Gasteiger partial charge in [-0.05, 0) is 102 Å². The van der Waals surface area contributed by atoms with Crippen LogP contribution < -0.4 is 0 Å². The van der Waals surface area contributed by atoms with Crippen LogP contribution in [0.25, 0.3) is 0 Å². The van der Waals surface area contributed by atoms with Crippen LogP contribution in [-0.2, 0) is 14.3 Å². The number of hydrogen-bond donors (Lipinski definition) is 1. The Kier molecular flexibility index (Phi) is 21.3. The van der Waals surface area contributed by atoms with Crippen molar-refractivity contribution >= 4 is 11.9 Å². The van der Waals surface area contributed by atoms with Crippen LogP contribution in [0.5, 0.6) is 0 Å². The molecule has 0 aromatic carbocycles. The molecular formula is C44H74O4. The number of hydrogen-bond acceptors (Lipinski definition) is 3. The minimum absolute atomic E-state index is 0.0382. The van der Waals surface area contributed by atoms with Gasteiger partial charge in [0.15, 0.2) is 0 Å². The van der Waals surface area contributed by atoms with Gasteiger partial charge in [0.05, 0.1) is 0 Å². The van der Waals surface area contributed by atoms with Gasteiger partial charge in [0.1, 0.15) is 5.76 Å². The quantitative estimate of drug-likeness (QED) is 0.196. The van der Waals surface area contributed by atoms with Gasteiger partial charge < -0.3 is 9.84 Å². The molecule has 1 N–H and O–H groups in total. The van der Waals surface area contributed by atoms with Gasteiger partial charge in [0, 0.05) is 25.2 Å². The summed E-state index contributed by atoms with van der Waals surface area (Å²) in [7, 11) is 0. The Morgan fingerprint density at radius 1 is 0.604 bits per heavy atom. The number of carboxylic acids is 1. The predicted octanol–water partition coefficient (Wildman–Crippen LogP) is 13.9. The van der Waals surface area contributed by atoms with E-state index in [4.69, 9.17) is 14.6 Å². The maximum Gasteiger partial charge on any atom is 0.310 e. The minimum Gasteiger partial charge on any atom is -0.481 e. The van der Waals surface area contributed by atoms with Gasteiger partial charge >= 0.3 is 5.97 Å². The number of aliphatic carboxylic acids is 1. The summed E-state index contributed by atoms with van der Waals surface area (Å²) in [4.78, 5) is 22.7. The van der Waals surface area contributed by atoms with Crippen LogP contribution in [0.4, 0.5) is 0 Å². The summed E-state index contributed by atoms with van der Waals surface area (Å²) in [5.41, 5.74) is 3.51. The van der Waals surface area contributed by atoms with Crippen LogP contribution in [0.15, 0.2) is 35.1 Å². The Balaban J connectivity index is 0.00000148. The molecule has 274 valence electrons. The lowest BCUT2D eigenvalue weighted by atomic mass is 9.63. The topological polar surface area (TPSA) is 63.6 Å². The number of carboxylic acid groups (broad SMARTS) is 1. The number of carbonyl (C=O) groups excluding carboxylic acids is 1. The minimum atomic E-state index is -0.833. The third-order valence-electron chi connectivity index (χ3n) is 11.8. The molecule has 0 spiro atoms. The molecule has 4 nitrogen and oxygen atoms in total. The molecule has 4 aliphatic carbocycles. The van der Waals surface area contributed by atoms with Crippen molar-refractivity contribution in [2.75, 3.05) is 0 Å². The third kappa shape index (κ3) is 16.7. The van der Waals surface area contributed by atoms with Crippen LogP contribution in [0.3, 0.4) is 0 Å². The Labute approximate surface area is 296 Å². The SMILES string of the molecule is CC(=O)O.O=C(CCC(CCC1CCCCC1)(C1=CCCCCCCCC1)C1=CCCCCCCCC1)OC1=CCCCCCCCC1. The van der Waals surface area contributed by atoms with Gasteiger partial charge in [0.2, 0.25) is 0 Å². The molecule has 0 aromatic heterocycles. The average molecular weight is 667 g/mol. The van der Waals surface area contributed by atoms with Crippen molar-refractivity contribution in [2.45, 2.75) is 219 Å². The highest BCUT2D eigenvalue weighted by Gasteiger charge is 2.38. The molecule has 0 aromatic rings. The van der Waals surface area contributed by atoms with Crippen molar-refractivity contribution in [3.05, 3.63) is 35.1 Å². The van der Waals surface area contributed by atoms with Gasteiger partial charge in [-0.2, -0.15) is 0 Å². The first-order valence-electron chi connectivity index (χ1n) is 21.0. The van der Waals surface area contributed by atoms with E-state index < -0.39 is 5.97 Å². The van der Waals surface area contributed by atoms with Crippen LogP contribution in [0, 0.1) is 11.3 Å². The zero-order valence-corrected chi connectivity index (χ0v) is 31.3. The van der Waals surface area contributed by atoms with Crippen molar-refractivity contribution in [1.29, 1.82) is 0 Å². The molecule has 0 amide bonds. The van der Waals surface area contributed by atoms with Crippen molar-refractivity contribution in [3.8, 4) is 0 Å². The Morgan fingerprint density at radius 3 is 1.54 bits per heavy atom. The number of ether oxygens (including phenoxy) is 1. The lowest BCUT2D eigenvalue weighted by Gasteiger charge is -2.42. The molecular weight excluding hydrogens is 592 g/mol. The normalized spacial score (nSPS) is 23.0. The Bertz CT molecular complexity index is 944. The second kappa shape index (κ2) is 25.2. The summed E-state index contributed by atoms with van der Waals surface area (Å²) in [6.45, 7) is 1.08. The molecule has 0 saturated heterocycles. The van der Waals surface area contributed by atoms with E-state index in [9.17, 15) is 4.79 Å². The van der Waals surface area contributed by atoms with E-state index in [1.165, 1.54) is 180 Å². The van der Waals surface area contributed by atoms with Gasteiger partial charge in [-0.15, -0.1) is 0 Å². The van der Waals surface area contributed by atoms with E-state index in [2.05, 4.69) is 18.2 Å². The molecule has 0 aliphatic heterocycles. The summed E-state index contributed by atoms with van der Waals surface area (Å²) in [5, 5.41) is 7.42. The fourth-order valence-electron chi connectivity index (χ4n) is 8.98. The van der Waals surface area contributed by atoms with Crippen molar-refractivity contribution < 1.29 is 19.4 Å². The van der Waals surface area contributed by atoms with E-state index in [0.717, 1.165) is 44.3 Å².